The first-order valence-electron chi connectivity index (χ1n) is 14.5. The Morgan fingerprint density at radius 3 is 2.31 bits per heavy atom. The summed E-state index contributed by atoms with van der Waals surface area (Å²) in [5, 5.41) is 0. The number of nitrogens with zero attached hydrogens (tertiary/aromatic N) is 1. The van der Waals surface area contributed by atoms with Gasteiger partial charge in [-0.05, 0) is 71.3 Å². The smallest absolute Gasteiger partial charge is 0.427 e. The summed E-state index contributed by atoms with van der Waals surface area (Å²) in [4.78, 5) is 50.3. The summed E-state index contributed by atoms with van der Waals surface area (Å²) in [6, 6.07) is 9.56. The molecule has 9 heteroatoms. The molecule has 1 unspecified atom stereocenters. The minimum Gasteiger partial charge on any atom is -0.427 e. The lowest BCUT2D eigenvalue weighted by Gasteiger charge is -2.33. The van der Waals surface area contributed by atoms with Crippen molar-refractivity contribution in [3.05, 3.63) is 35.9 Å². The summed E-state index contributed by atoms with van der Waals surface area (Å²) in [6.45, 7) is 6.63. The fourth-order valence-corrected chi connectivity index (χ4v) is 7.66. The summed E-state index contributed by atoms with van der Waals surface area (Å²) < 4.78 is 23.1. The molecular weight excluding hydrogens is 517 g/mol. The number of imide groups is 1. The molecular formula is C30H47NO7P+. The molecule has 0 bridgehead atoms. The first-order valence-corrected chi connectivity index (χ1v) is 16.5. The minimum atomic E-state index is -3.81. The summed E-state index contributed by atoms with van der Waals surface area (Å²) in [7, 11) is -3.81. The molecule has 1 aliphatic carbocycles. The zero-order valence-electron chi connectivity index (χ0n) is 24.1. The van der Waals surface area contributed by atoms with Gasteiger partial charge >= 0.3 is 18.0 Å². The minimum absolute atomic E-state index is 0.0320. The normalized spacial score (nSPS) is 25.6. The van der Waals surface area contributed by atoms with E-state index in [4.69, 9.17) is 9.47 Å². The Morgan fingerprint density at radius 1 is 1.00 bits per heavy atom. The molecule has 1 saturated heterocycles. The van der Waals surface area contributed by atoms with Gasteiger partial charge in [-0.2, -0.15) is 9.28 Å². The topological polar surface area (TPSA) is 107 Å². The molecule has 1 saturated carbocycles. The standard InChI is InChI=1S/C30H46NO7P/c1-23-19-26(25-16-9-6-10-17-25)20-31(23,29(34)38-22-37-28(33)30(2,3)4)27(32)21-39(35,36)18-12-11-15-24-13-7-5-8-14-24/h5,7-8,13-14,23,25-26H,6,9-12,15-22H2,1-4H3/p+1/t23-,26-,31-/m1/s1. The number of hydrogen-bond acceptors (Lipinski definition) is 6. The second-order valence-corrected chi connectivity index (χ2v) is 15.0. The third kappa shape index (κ3) is 8.48. The predicted octanol–water partition coefficient (Wildman–Crippen LogP) is 6.30. The van der Waals surface area contributed by atoms with Crippen molar-refractivity contribution in [3.63, 3.8) is 0 Å². The van der Waals surface area contributed by atoms with E-state index in [1.165, 1.54) is 12.0 Å². The van der Waals surface area contributed by atoms with Crippen molar-refractivity contribution in [2.75, 3.05) is 25.7 Å². The summed E-state index contributed by atoms with van der Waals surface area (Å²) >= 11 is 0. The van der Waals surface area contributed by atoms with Gasteiger partial charge < -0.3 is 14.4 Å². The van der Waals surface area contributed by atoms with Gasteiger partial charge in [0.05, 0.1) is 12.0 Å². The van der Waals surface area contributed by atoms with Gasteiger partial charge in [-0.1, -0.05) is 49.6 Å². The van der Waals surface area contributed by atoms with E-state index in [0.29, 0.717) is 18.8 Å². The van der Waals surface area contributed by atoms with Crippen molar-refractivity contribution >= 4 is 25.3 Å². The maximum absolute atomic E-state index is 13.8. The van der Waals surface area contributed by atoms with Crippen LogP contribution in [0.2, 0.25) is 0 Å². The van der Waals surface area contributed by atoms with E-state index in [2.05, 4.69) is 0 Å². The largest absolute Gasteiger partial charge is 0.526 e. The molecule has 39 heavy (non-hydrogen) atoms. The van der Waals surface area contributed by atoms with E-state index >= 15 is 0 Å². The Hall–Kier alpha value is -2.02. The summed E-state index contributed by atoms with van der Waals surface area (Å²) in [5.74, 6) is -0.489. The zero-order chi connectivity index (χ0) is 28.7. The quantitative estimate of drug-likeness (QED) is 0.117. The van der Waals surface area contributed by atoms with E-state index in [1.807, 2.05) is 37.3 Å². The van der Waals surface area contributed by atoms with Crippen molar-refractivity contribution in [1.82, 2.24) is 0 Å². The monoisotopic (exact) mass is 564 g/mol. The van der Waals surface area contributed by atoms with Crippen LogP contribution < -0.4 is 0 Å². The van der Waals surface area contributed by atoms with Crippen LogP contribution in [0.4, 0.5) is 4.79 Å². The predicted molar refractivity (Wildman–Crippen MR) is 150 cm³/mol. The molecule has 3 rings (SSSR count). The van der Waals surface area contributed by atoms with Gasteiger partial charge in [0.1, 0.15) is 12.2 Å². The van der Waals surface area contributed by atoms with Crippen LogP contribution in [0.3, 0.4) is 0 Å². The van der Waals surface area contributed by atoms with Gasteiger partial charge in [0, 0.05) is 18.5 Å². The first-order chi connectivity index (χ1) is 18.3. The van der Waals surface area contributed by atoms with Gasteiger partial charge in [0.2, 0.25) is 14.2 Å². The molecule has 0 radical (unpaired) electrons. The van der Waals surface area contributed by atoms with Gasteiger partial charge in [-0.15, -0.1) is 0 Å². The molecule has 1 aromatic rings. The number of quaternary nitrogens is 1. The van der Waals surface area contributed by atoms with Crippen LogP contribution in [0.25, 0.3) is 0 Å². The van der Waals surface area contributed by atoms with Crippen LogP contribution in [0.1, 0.15) is 84.6 Å². The maximum atomic E-state index is 13.8. The van der Waals surface area contributed by atoms with Crippen LogP contribution in [-0.2, 0) is 30.0 Å². The molecule has 2 fully saturated rings. The third-order valence-electron chi connectivity index (χ3n) is 8.44. The molecule has 1 aliphatic heterocycles. The molecule has 0 aromatic heterocycles. The molecule has 2 aliphatic rings. The molecule has 1 N–H and O–H groups in total. The zero-order valence-corrected chi connectivity index (χ0v) is 25.0. The highest BCUT2D eigenvalue weighted by Crippen LogP contribution is 2.46. The number of esters is 1. The fourth-order valence-electron chi connectivity index (χ4n) is 6.11. The number of benzene rings is 1. The Kier molecular flexibility index (Phi) is 11.0. The van der Waals surface area contributed by atoms with E-state index in [1.54, 1.807) is 20.8 Å². The number of ether oxygens (including phenoxy) is 2. The second kappa shape index (κ2) is 13.6. The average Bonchev–Trinajstić information content (AvgIpc) is 3.25. The Bertz CT molecular complexity index is 1030. The van der Waals surface area contributed by atoms with Crippen LogP contribution in [-0.4, -0.2) is 59.0 Å². The van der Waals surface area contributed by atoms with E-state index in [9.17, 15) is 23.8 Å². The fraction of sp³-hybridized carbons (Fsp3) is 0.700. The van der Waals surface area contributed by atoms with Crippen molar-refractivity contribution < 1.29 is 37.8 Å². The van der Waals surface area contributed by atoms with Crippen LogP contribution in [0.15, 0.2) is 30.3 Å². The number of carbonyl (C=O) groups excluding carboxylic acids is 3. The maximum Gasteiger partial charge on any atom is 0.526 e. The van der Waals surface area contributed by atoms with Gasteiger partial charge in [0.15, 0.2) is 0 Å². The van der Waals surface area contributed by atoms with E-state index < -0.39 is 48.2 Å². The van der Waals surface area contributed by atoms with Crippen LogP contribution in [0, 0.1) is 17.3 Å². The molecule has 2 amide bonds. The lowest BCUT2D eigenvalue weighted by atomic mass is 9.79. The summed E-state index contributed by atoms with van der Waals surface area (Å²) in [5.41, 5.74) is 0.409. The number of rotatable bonds is 10. The highest BCUT2D eigenvalue weighted by atomic mass is 31.2. The molecule has 218 valence electrons. The Labute approximate surface area is 233 Å². The van der Waals surface area contributed by atoms with Crippen molar-refractivity contribution in [1.29, 1.82) is 0 Å². The number of carbonyl (C=O) groups is 3. The van der Waals surface area contributed by atoms with Gasteiger partial charge in [-0.3, -0.25) is 9.36 Å². The van der Waals surface area contributed by atoms with Crippen LogP contribution in [0.5, 0.6) is 0 Å². The number of aryl methyl sites for hydroxylation is 1. The molecule has 8 nitrogen and oxygen atoms in total. The lowest BCUT2D eigenvalue weighted by molar-refractivity contribution is -0.794. The number of amides is 2. The average molecular weight is 565 g/mol. The van der Waals surface area contributed by atoms with E-state index in [-0.39, 0.29) is 24.7 Å². The molecule has 4 atom stereocenters. The van der Waals surface area contributed by atoms with Crippen molar-refractivity contribution in [2.24, 2.45) is 17.3 Å². The third-order valence-corrected chi connectivity index (χ3v) is 10.2. The SMILES string of the molecule is C[C@@H]1C[C@@H](C2CCCCC2)C[N@@+]1(C(=O)CP(=O)(O)CCCCc1ccccc1)C(=O)OCOC(=O)C(C)(C)C. The number of unbranched alkanes of at least 4 members (excludes halogenated alkanes) is 1. The first kappa shape index (κ1) is 31.5. The second-order valence-electron chi connectivity index (χ2n) is 12.6. The Balaban J connectivity index is 1.68. The summed E-state index contributed by atoms with van der Waals surface area (Å²) in [6.07, 6.45) is 7.06. The van der Waals surface area contributed by atoms with Crippen molar-refractivity contribution in [2.45, 2.75) is 91.5 Å². The Morgan fingerprint density at radius 2 is 1.67 bits per heavy atom. The van der Waals surface area contributed by atoms with Crippen molar-refractivity contribution in [3.8, 4) is 0 Å². The molecule has 1 heterocycles. The molecule has 0 spiro atoms. The highest BCUT2D eigenvalue weighted by Gasteiger charge is 2.59. The van der Waals surface area contributed by atoms with E-state index in [0.717, 1.165) is 38.5 Å². The van der Waals surface area contributed by atoms with Gasteiger partial charge in [-0.25, -0.2) is 4.79 Å². The van der Waals surface area contributed by atoms with Crippen LogP contribution >= 0.6 is 7.37 Å². The lowest BCUT2D eigenvalue weighted by Crippen LogP contribution is -2.60. The molecule has 1 aromatic carbocycles. The number of hydrogen-bond donors (Lipinski definition) is 1. The highest BCUT2D eigenvalue weighted by molar-refractivity contribution is 7.58. The number of likely N-dealkylation sites (tertiary alicyclic amines) is 1. The van der Waals surface area contributed by atoms with Gasteiger partial charge in [0.25, 0.3) is 0 Å².